The Balaban J connectivity index is 3.27. The first-order valence-corrected chi connectivity index (χ1v) is 13.5. The fourth-order valence-electron chi connectivity index (χ4n) is 3.53. The number of unbranched alkanes of at least 4 members (excludes halogenated alkanes) is 14. The van der Waals surface area contributed by atoms with Crippen molar-refractivity contribution in [1.29, 1.82) is 0 Å². The number of carbonyl (C=O) groups excluding carboxylic acids is 2. The van der Waals surface area contributed by atoms with Gasteiger partial charge in [0, 0.05) is 25.7 Å². The molecule has 4 heteroatoms. The molecule has 0 atom stereocenters. The van der Waals surface area contributed by atoms with Crippen LogP contribution < -0.4 is 0 Å². The lowest BCUT2D eigenvalue weighted by Crippen LogP contribution is -2.06. The molecule has 0 saturated heterocycles. The molecule has 0 saturated carbocycles. The topological polar surface area (TPSA) is 52.6 Å². The van der Waals surface area contributed by atoms with Gasteiger partial charge in [0.05, 0.1) is 13.2 Å². The standard InChI is InChI=1S/C28H50O4/c1-3-5-7-9-10-11-12-15-18-22-26-32-28(30)24-20-17-14-13-16-19-23-27(29)31-25-21-8-6-4-2/h3-4,6,8-26H2,1-2H3. The van der Waals surface area contributed by atoms with Crippen LogP contribution in [0.4, 0.5) is 0 Å². The number of carbonyl (C=O) groups is 2. The van der Waals surface area contributed by atoms with Gasteiger partial charge in [-0.05, 0) is 32.1 Å². The van der Waals surface area contributed by atoms with E-state index >= 15 is 0 Å². The lowest BCUT2D eigenvalue weighted by Gasteiger charge is -2.06. The molecule has 0 fully saturated rings. The van der Waals surface area contributed by atoms with Crippen LogP contribution in [0.1, 0.15) is 142 Å². The molecule has 0 aromatic rings. The fraction of sp³-hybridized carbons (Fsp3) is 0.857. The molecule has 0 aromatic heterocycles. The van der Waals surface area contributed by atoms with Gasteiger partial charge in [-0.25, -0.2) is 0 Å². The molecule has 0 rings (SSSR count). The average Bonchev–Trinajstić information content (AvgIpc) is 2.79. The Morgan fingerprint density at radius 2 is 0.969 bits per heavy atom. The van der Waals surface area contributed by atoms with E-state index in [1.54, 1.807) is 0 Å². The summed E-state index contributed by atoms with van der Waals surface area (Å²) in [5.74, 6) is 6.18. The summed E-state index contributed by atoms with van der Waals surface area (Å²) in [7, 11) is 0. The van der Waals surface area contributed by atoms with Crippen molar-refractivity contribution in [2.75, 3.05) is 13.2 Å². The van der Waals surface area contributed by atoms with Crippen LogP contribution in [-0.4, -0.2) is 25.2 Å². The van der Waals surface area contributed by atoms with Crippen molar-refractivity contribution in [2.45, 2.75) is 142 Å². The maximum Gasteiger partial charge on any atom is 0.305 e. The molecule has 0 radical (unpaired) electrons. The molecule has 0 aliphatic rings. The van der Waals surface area contributed by atoms with E-state index in [-0.39, 0.29) is 11.9 Å². The monoisotopic (exact) mass is 450 g/mol. The molecule has 0 heterocycles. The minimum Gasteiger partial charge on any atom is -0.466 e. The van der Waals surface area contributed by atoms with Crippen molar-refractivity contribution in [2.24, 2.45) is 0 Å². The lowest BCUT2D eigenvalue weighted by atomic mass is 10.1. The van der Waals surface area contributed by atoms with Crippen LogP contribution in [0.25, 0.3) is 0 Å². The van der Waals surface area contributed by atoms with Gasteiger partial charge in [-0.1, -0.05) is 84.5 Å². The van der Waals surface area contributed by atoms with Crippen molar-refractivity contribution >= 4 is 11.9 Å². The molecule has 186 valence electrons. The van der Waals surface area contributed by atoms with Crippen LogP contribution in [0, 0.1) is 11.8 Å². The van der Waals surface area contributed by atoms with Gasteiger partial charge in [-0.2, -0.15) is 0 Å². The van der Waals surface area contributed by atoms with Gasteiger partial charge >= 0.3 is 11.9 Å². The molecule has 0 N–H and O–H groups in total. The van der Waals surface area contributed by atoms with E-state index in [0.717, 1.165) is 77.0 Å². The normalized spacial score (nSPS) is 10.4. The molecule has 32 heavy (non-hydrogen) atoms. The van der Waals surface area contributed by atoms with Gasteiger partial charge in [-0.3, -0.25) is 9.59 Å². The van der Waals surface area contributed by atoms with E-state index in [1.165, 1.54) is 38.5 Å². The highest BCUT2D eigenvalue weighted by molar-refractivity contribution is 5.69. The smallest absolute Gasteiger partial charge is 0.305 e. The summed E-state index contributed by atoms with van der Waals surface area (Å²) < 4.78 is 10.6. The third kappa shape index (κ3) is 24.8. The zero-order valence-corrected chi connectivity index (χ0v) is 21.2. The first-order valence-electron chi connectivity index (χ1n) is 13.5. The van der Waals surface area contributed by atoms with Crippen molar-refractivity contribution in [3.8, 4) is 11.8 Å². The van der Waals surface area contributed by atoms with Crippen LogP contribution in [-0.2, 0) is 19.1 Å². The Bertz CT molecular complexity index is 489. The number of hydrogen-bond donors (Lipinski definition) is 0. The van der Waals surface area contributed by atoms with Crippen LogP contribution in [0.2, 0.25) is 0 Å². The molecule has 4 nitrogen and oxygen atoms in total. The maximum absolute atomic E-state index is 11.8. The number of rotatable bonds is 22. The van der Waals surface area contributed by atoms with Crippen molar-refractivity contribution in [1.82, 2.24) is 0 Å². The highest BCUT2D eigenvalue weighted by atomic mass is 16.5. The Kier molecular flexibility index (Phi) is 24.6. The Labute approximate surface area is 198 Å². The van der Waals surface area contributed by atoms with E-state index in [9.17, 15) is 9.59 Å². The van der Waals surface area contributed by atoms with E-state index in [4.69, 9.17) is 9.47 Å². The van der Waals surface area contributed by atoms with Crippen LogP contribution >= 0.6 is 0 Å². The zero-order chi connectivity index (χ0) is 23.5. The molecule has 0 bridgehead atoms. The molecular weight excluding hydrogens is 400 g/mol. The van der Waals surface area contributed by atoms with Crippen molar-refractivity contribution in [3.63, 3.8) is 0 Å². The predicted octanol–water partition coefficient (Wildman–Crippen LogP) is 7.92. The van der Waals surface area contributed by atoms with Crippen molar-refractivity contribution in [3.05, 3.63) is 0 Å². The Morgan fingerprint density at radius 1 is 0.531 bits per heavy atom. The van der Waals surface area contributed by atoms with E-state index in [1.807, 2.05) is 0 Å². The third-order valence-electron chi connectivity index (χ3n) is 5.53. The maximum atomic E-state index is 11.8. The second kappa shape index (κ2) is 25.8. The Hall–Kier alpha value is -1.50. The minimum absolute atomic E-state index is 0.0542. The van der Waals surface area contributed by atoms with E-state index in [0.29, 0.717) is 26.1 Å². The summed E-state index contributed by atoms with van der Waals surface area (Å²) in [5.41, 5.74) is 0. The molecule has 0 spiro atoms. The summed E-state index contributed by atoms with van der Waals surface area (Å²) in [6.45, 7) is 5.40. The average molecular weight is 451 g/mol. The van der Waals surface area contributed by atoms with Gasteiger partial charge in [0.15, 0.2) is 0 Å². The second-order valence-electron chi connectivity index (χ2n) is 8.70. The van der Waals surface area contributed by atoms with Crippen molar-refractivity contribution < 1.29 is 19.1 Å². The molecular formula is C28H50O4. The lowest BCUT2D eigenvalue weighted by molar-refractivity contribution is -0.144. The number of ether oxygens (including phenoxy) is 2. The quantitative estimate of drug-likeness (QED) is 0.0955. The third-order valence-corrected chi connectivity index (χ3v) is 5.53. The number of esters is 2. The molecule has 0 unspecified atom stereocenters. The van der Waals surface area contributed by atoms with Gasteiger partial charge in [-0.15, -0.1) is 11.8 Å². The summed E-state index contributed by atoms with van der Waals surface area (Å²) in [6.07, 6.45) is 20.8. The van der Waals surface area contributed by atoms with Crippen LogP contribution in [0.5, 0.6) is 0 Å². The Morgan fingerprint density at radius 3 is 1.47 bits per heavy atom. The highest BCUT2D eigenvalue weighted by Gasteiger charge is 2.04. The van der Waals surface area contributed by atoms with Gasteiger partial charge in [0.1, 0.15) is 0 Å². The highest BCUT2D eigenvalue weighted by Crippen LogP contribution is 2.11. The zero-order valence-electron chi connectivity index (χ0n) is 21.2. The van der Waals surface area contributed by atoms with Gasteiger partial charge in [0.2, 0.25) is 0 Å². The molecule has 0 aliphatic carbocycles. The molecule has 0 aromatic carbocycles. The second-order valence-corrected chi connectivity index (χ2v) is 8.70. The fourth-order valence-corrected chi connectivity index (χ4v) is 3.53. The number of hydrogen-bond acceptors (Lipinski definition) is 4. The minimum atomic E-state index is -0.0545. The van der Waals surface area contributed by atoms with E-state index < -0.39 is 0 Å². The van der Waals surface area contributed by atoms with Gasteiger partial charge < -0.3 is 9.47 Å². The van der Waals surface area contributed by atoms with E-state index in [2.05, 4.69) is 25.7 Å². The predicted molar refractivity (Wildman–Crippen MR) is 133 cm³/mol. The molecule has 0 aliphatic heterocycles. The molecule has 0 amide bonds. The summed E-state index contributed by atoms with van der Waals surface area (Å²) in [6, 6.07) is 0. The SMILES string of the molecule is CCC#CCCCCCCCCOC(=O)CCCCCCCCC(=O)OCCCCCC. The summed E-state index contributed by atoms with van der Waals surface area (Å²) in [5, 5.41) is 0. The summed E-state index contributed by atoms with van der Waals surface area (Å²) in [4.78, 5) is 23.4. The first kappa shape index (κ1) is 30.5. The summed E-state index contributed by atoms with van der Waals surface area (Å²) >= 11 is 0. The van der Waals surface area contributed by atoms with Crippen LogP contribution in [0.15, 0.2) is 0 Å². The van der Waals surface area contributed by atoms with Gasteiger partial charge in [0.25, 0.3) is 0 Å². The largest absolute Gasteiger partial charge is 0.466 e. The van der Waals surface area contributed by atoms with Crippen LogP contribution in [0.3, 0.4) is 0 Å². The first-order chi connectivity index (χ1) is 15.7.